The number of nitrogens with two attached hydrogens (primary N) is 1. The van der Waals surface area contributed by atoms with Gasteiger partial charge in [-0.1, -0.05) is 0 Å². The van der Waals surface area contributed by atoms with Crippen LogP contribution in [-0.2, 0) is 0 Å². The second kappa shape index (κ2) is 2.84. The van der Waals surface area contributed by atoms with E-state index in [4.69, 9.17) is 5.73 Å². The predicted octanol–water partition coefficient (Wildman–Crippen LogP) is 1.34. The van der Waals surface area contributed by atoms with Gasteiger partial charge >= 0.3 is 0 Å². The topological polar surface area (TPSA) is 54.2 Å². The molecule has 4 nitrogen and oxygen atoms in total. The van der Waals surface area contributed by atoms with E-state index in [9.17, 15) is 0 Å². The Kier molecular flexibility index (Phi) is 1.61. The fraction of sp³-hybridized carbons (Fsp3) is 0.182. The van der Waals surface area contributed by atoms with E-state index < -0.39 is 0 Å². The highest BCUT2D eigenvalue weighted by molar-refractivity contribution is 6.00. The van der Waals surface area contributed by atoms with E-state index in [2.05, 4.69) is 16.4 Å². The highest BCUT2D eigenvalue weighted by atomic mass is 15.4. The van der Waals surface area contributed by atoms with E-state index in [0.717, 1.165) is 22.3 Å². The third-order valence-electron chi connectivity index (χ3n) is 2.85. The summed E-state index contributed by atoms with van der Waals surface area (Å²) in [5, 5.41) is 4.37. The highest BCUT2D eigenvalue weighted by Gasteiger charge is 2.23. The van der Waals surface area contributed by atoms with Gasteiger partial charge in [0.25, 0.3) is 0 Å². The Hall–Kier alpha value is -1.81. The van der Waals surface area contributed by atoms with Gasteiger partial charge in [-0.05, 0) is 24.3 Å². The summed E-state index contributed by atoms with van der Waals surface area (Å²) in [6.45, 7) is 0. The third kappa shape index (κ3) is 1.08. The molecule has 0 bridgehead atoms. The fourth-order valence-corrected chi connectivity index (χ4v) is 1.98. The Morgan fingerprint density at radius 1 is 1.40 bits per heavy atom. The summed E-state index contributed by atoms with van der Waals surface area (Å²) in [5.41, 5.74) is 9.11. The van der Waals surface area contributed by atoms with Gasteiger partial charge in [-0.2, -0.15) is 0 Å². The summed E-state index contributed by atoms with van der Waals surface area (Å²) in [5.74, 6) is 0. The van der Waals surface area contributed by atoms with Crippen molar-refractivity contribution in [1.29, 1.82) is 0 Å². The van der Waals surface area contributed by atoms with E-state index in [0.29, 0.717) is 0 Å². The Balaban J connectivity index is 2.33. The van der Waals surface area contributed by atoms with Crippen LogP contribution in [0.2, 0.25) is 0 Å². The van der Waals surface area contributed by atoms with Crippen molar-refractivity contribution in [2.45, 2.75) is 6.29 Å². The normalized spacial score (nSPS) is 19.1. The Morgan fingerprint density at radius 3 is 3.13 bits per heavy atom. The zero-order valence-electron chi connectivity index (χ0n) is 8.44. The summed E-state index contributed by atoms with van der Waals surface area (Å²) < 4.78 is 0. The lowest BCUT2D eigenvalue weighted by Crippen LogP contribution is -2.40. The standard InChI is InChI=1S/C11H12N4/c1-15-9-5-4-8-7(3-2-6-13-8)10(9)14-11(15)12/h2-6,11,14H,12H2,1H3. The van der Waals surface area contributed by atoms with Gasteiger partial charge in [0.05, 0.1) is 16.9 Å². The summed E-state index contributed by atoms with van der Waals surface area (Å²) >= 11 is 0. The zero-order valence-corrected chi connectivity index (χ0v) is 8.44. The van der Waals surface area contributed by atoms with Crippen molar-refractivity contribution in [3.05, 3.63) is 30.5 Å². The Labute approximate surface area is 87.7 Å². The molecule has 3 N–H and O–H groups in total. The number of benzene rings is 1. The number of anilines is 2. The lowest BCUT2D eigenvalue weighted by Gasteiger charge is -2.16. The number of hydrogen-bond acceptors (Lipinski definition) is 4. The van der Waals surface area contributed by atoms with Crippen LogP contribution in [-0.4, -0.2) is 18.3 Å². The highest BCUT2D eigenvalue weighted by Crippen LogP contribution is 2.37. The molecule has 2 heterocycles. The first-order chi connectivity index (χ1) is 7.27. The molecule has 1 aliphatic heterocycles. The summed E-state index contributed by atoms with van der Waals surface area (Å²) in [4.78, 5) is 6.33. The van der Waals surface area contributed by atoms with Crippen LogP contribution in [0.1, 0.15) is 0 Å². The van der Waals surface area contributed by atoms with Crippen LogP contribution in [0.25, 0.3) is 10.9 Å². The van der Waals surface area contributed by atoms with Crippen LogP contribution in [0.5, 0.6) is 0 Å². The molecule has 15 heavy (non-hydrogen) atoms. The average Bonchev–Trinajstić information content (AvgIpc) is 2.56. The summed E-state index contributed by atoms with van der Waals surface area (Å²) in [6.07, 6.45) is 1.65. The molecule has 0 fully saturated rings. The SMILES string of the molecule is CN1c2ccc3ncccc3c2NC1N. The molecule has 0 radical (unpaired) electrons. The minimum Gasteiger partial charge on any atom is -0.351 e. The van der Waals surface area contributed by atoms with Gasteiger partial charge in [0.2, 0.25) is 0 Å². The minimum atomic E-state index is -0.147. The molecule has 2 aromatic rings. The first-order valence-electron chi connectivity index (χ1n) is 4.90. The smallest absolute Gasteiger partial charge is 0.152 e. The van der Waals surface area contributed by atoms with Crippen molar-refractivity contribution < 1.29 is 0 Å². The first kappa shape index (κ1) is 8.49. The molecule has 3 rings (SSSR count). The molecule has 1 aromatic heterocycles. The van der Waals surface area contributed by atoms with Gasteiger partial charge in [0.1, 0.15) is 0 Å². The first-order valence-corrected chi connectivity index (χ1v) is 4.90. The number of nitrogens with one attached hydrogen (secondary N) is 1. The van der Waals surface area contributed by atoms with Crippen molar-refractivity contribution in [2.75, 3.05) is 17.3 Å². The van der Waals surface area contributed by atoms with Crippen molar-refractivity contribution in [2.24, 2.45) is 5.73 Å². The largest absolute Gasteiger partial charge is 0.351 e. The molecule has 0 saturated carbocycles. The molecule has 1 atom stereocenters. The maximum atomic E-state index is 5.91. The molecule has 1 aromatic carbocycles. The lowest BCUT2D eigenvalue weighted by molar-refractivity contribution is 0.770. The zero-order chi connectivity index (χ0) is 10.4. The molecule has 4 heteroatoms. The quantitative estimate of drug-likeness (QED) is 0.673. The van der Waals surface area contributed by atoms with Gasteiger partial charge in [0.15, 0.2) is 6.29 Å². The fourth-order valence-electron chi connectivity index (χ4n) is 1.98. The van der Waals surface area contributed by atoms with Crippen LogP contribution >= 0.6 is 0 Å². The van der Waals surface area contributed by atoms with Crippen molar-refractivity contribution in [3.8, 4) is 0 Å². The van der Waals surface area contributed by atoms with E-state index in [1.165, 1.54) is 0 Å². The lowest BCUT2D eigenvalue weighted by atomic mass is 10.1. The summed E-state index contributed by atoms with van der Waals surface area (Å²) in [7, 11) is 1.98. The van der Waals surface area contributed by atoms with E-state index in [-0.39, 0.29) is 6.29 Å². The van der Waals surface area contributed by atoms with Crippen molar-refractivity contribution in [1.82, 2.24) is 4.98 Å². The van der Waals surface area contributed by atoms with E-state index in [1.54, 1.807) is 6.20 Å². The van der Waals surface area contributed by atoms with Gasteiger partial charge in [-0.15, -0.1) is 0 Å². The van der Waals surface area contributed by atoms with Crippen molar-refractivity contribution >= 4 is 22.3 Å². The van der Waals surface area contributed by atoms with Gasteiger partial charge < -0.3 is 10.2 Å². The molecule has 1 aliphatic rings. The minimum absolute atomic E-state index is 0.147. The van der Waals surface area contributed by atoms with Gasteiger partial charge in [-0.25, -0.2) is 0 Å². The number of fused-ring (bicyclic) bond motifs is 3. The number of hydrogen-bond donors (Lipinski definition) is 2. The molecule has 0 amide bonds. The Morgan fingerprint density at radius 2 is 2.27 bits per heavy atom. The van der Waals surface area contributed by atoms with Crippen LogP contribution in [0.4, 0.5) is 11.4 Å². The van der Waals surface area contributed by atoms with Crippen LogP contribution < -0.4 is 16.0 Å². The van der Waals surface area contributed by atoms with Crippen LogP contribution in [0.15, 0.2) is 30.5 Å². The Bertz CT molecular complexity index is 523. The van der Waals surface area contributed by atoms with Gasteiger partial charge in [-0.3, -0.25) is 10.7 Å². The molecule has 1 unspecified atom stereocenters. The van der Waals surface area contributed by atoms with Crippen LogP contribution in [0.3, 0.4) is 0 Å². The van der Waals surface area contributed by atoms with E-state index >= 15 is 0 Å². The van der Waals surface area contributed by atoms with Crippen molar-refractivity contribution in [3.63, 3.8) is 0 Å². The monoisotopic (exact) mass is 200 g/mol. The predicted molar refractivity (Wildman–Crippen MR) is 61.7 cm³/mol. The van der Waals surface area contributed by atoms with Crippen LogP contribution in [0, 0.1) is 0 Å². The number of pyridine rings is 1. The second-order valence-corrected chi connectivity index (χ2v) is 3.73. The van der Waals surface area contributed by atoms with E-state index in [1.807, 2.05) is 30.1 Å². The molecular formula is C11H12N4. The second-order valence-electron chi connectivity index (χ2n) is 3.73. The molecule has 76 valence electrons. The number of aromatic nitrogens is 1. The summed E-state index contributed by atoms with van der Waals surface area (Å²) in [6, 6.07) is 8.06. The molecule has 0 spiro atoms. The van der Waals surface area contributed by atoms with Gasteiger partial charge in [0, 0.05) is 18.6 Å². The third-order valence-corrected chi connectivity index (χ3v) is 2.85. The maximum absolute atomic E-state index is 5.91. The molecule has 0 aliphatic carbocycles. The number of rotatable bonds is 0. The average molecular weight is 200 g/mol. The molecular weight excluding hydrogens is 188 g/mol. The molecule has 0 saturated heterocycles. The number of nitrogens with zero attached hydrogens (tertiary/aromatic N) is 2. The maximum Gasteiger partial charge on any atom is 0.152 e.